The van der Waals surface area contributed by atoms with Crippen LogP contribution in [0.15, 0.2) is 41.8 Å². The molecule has 0 spiro atoms. The summed E-state index contributed by atoms with van der Waals surface area (Å²) < 4.78 is 0. The van der Waals surface area contributed by atoms with Crippen LogP contribution < -0.4 is 0 Å². The van der Waals surface area contributed by atoms with E-state index in [4.69, 9.17) is 5.11 Å². The molecule has 1 aromatic carbocycles. The minimum Gasteiger partial charge on any atom is -0.481 e. The Kier molecular flexibility index (Phi) is 4.74. The Morgan fingerprint density at radius 2 is 2.05 bits per heavy atom. The van der Waals surface area contributed by atoms with E-state index < -0.39 is 5.97 Å². The molecule has 1 atom stereocenters. The van der Waals surface area contributed by atoms with Crippen LogP contribution in [0.1, 0.15) is 34.8 Å². The van der Waals surface area contributed by atoms with Gasteiger partial charge in [0.05, 0.1) is 6.42 Å². The first-order valence-corrected chi connectivity index (χ1v) is 7.34. The zero-order chi connectivity index (χ0) is 13.7. The lowest BCUT2D eigenvalue weighted by Crippen LogP contribution is -2.06. The van der Waals surface area contributed by atoms with Gasteiger partial charge < -0.3 is 5.11 Å². The van der Waals surface area contributed by atoms with Crippen LogP contribution in [-0.4, -0.2) is 11.1 Å². The monoisotopic (exact) mass is 274 g/mol. The predicted octanol–water partition coefficient (Wildman–Crippen LogP) is 4.25. The summed E-state index contributed by atoms with van der Waals surface area (Å²) in [6.07, 6.45) is 2.03. The number of thiophene rings is 1. The van der Waals surface area contributed by atoms with Crippen molar-refractivity contribution in [3.63, 3.8) is 0 Å². The first-order valence-electron chi connectivity index (χ1n) is 6.46. The highest BCUT2D eigenvalue weighted by Crippen LogP contribution is 2.29. The fourth-order valence-corrected chi connectivity index (χ4v) is 3.16. The van der Waals surface area contributed by atoms with Crippen molar-refractivity contribution in [3.05, 3.63) is 57.8 Å². The molecule has 0 aliphatic heterocycles. The fourth-order valence-electron chi connectivity index (χ4n) is 2.30. The Hall–Kier alpha value is -1.61. The van der Waals surface area contributed by atoms with Crippen molar-refractivity contribution in [1.82, 2.24) is 0 Å². The number of carboxylic acid groups (broad SMARTS) is 1. The van der Waals surface area contributed by atoms with Crippen LogP contribution in [0.3, 0.4) is 0 Å². The van der Waals surface area contributed by atoms with Gasteiger partial charge in [0.2, 0.25) is 0 Å². The van der Waals surface area contributed by atoms with Crippen molar-refractivity contribution in [2.24, 2.45) is 0 Å². The van der Waals surface area contributed by atoms with Gasteiger partial charge in [-0.1, -0.05) is 30.3 Å². The molecule has 0 fully saturated rings. The highest BCUT2D eigenvalue weighted by atomic mass is 32.1. The molecule has 2 nitrogen and oxygen atoms in total. The van der Waals surface area contributed by atoms with E-state index >= 15 is 0 Å². The summed E-state index contributed by atoms with van der Waals surface area (Å²) >= 11 is 1.65. The molecule has 1 unspecified atom stereocenters. The summed E-state index contributed by atoms with van der Waals surface area (Å²) in [5.74, 6) is -0.597. The van der Waals surface area contributed by atoms with Crippen LogP contribution >= 0.6 is 11.3 Å². The number of aliphatic carboxylic acids is 1. The Bertz CT molecular complexity index is 531. The lowest BCUT2D eigenvalue weighted by Gasteiger charge is -2.14. The molecular formula is C16H18O2S. The van der Waals surface area contributed by atoms with Crippen molar-refractivity contribution >= 4 is 17.3 Å². The molecule has 2 aromatic rings. The van der Waals surface area contributed by atoms with Gasteiger partial charge in [0, 0.05) is 10.8 Å². The van der Waals surface area contributed by atoms with E-state index in [0.717, 1.165) is 12.8 Å². The first kappa shape index (κ1) is 13.8. The molecule has 1 aromatic heterocycles. The summed E-state index contributed by atoms with van der Waals surface area (Å²) in [5.41, 5.74) is 2.59. The van der Waals surface area contributed by atoms with Crippen molar-refractivity contribution in [3.8, 4) is 0 Å². The number of hydrogen-bond donors (Lipinski definition) is 1. The maximum absolute atomic E-state index is 11.0. The minimum atomic E-state index is -0.719. The largest absolute Gasteiger partial charge is 0.481 e. The van der Waals surface area contributed by atoms with E-state index in [-0.39, 0.29) is 12.3 Å². The average Bonchev–Trinajstić information content (AvgIpc) is 2.89. The molecule has 0 saturated heterocycles. The second kappa shape index (κ2) is 6.53. The van der Waals surface area contributed by atoms with Crippen LogP contribution in [0.25, 0.3) is 0 Å². The van der Waals surface area contributed by atoms with Crippen molar-refractivity contribution in [1.29, 1.82) is 0 Å². The first-order chi connectivity index (χ1) is 9.16. The van der Waals surface area contributed by atoms with Crippen LogP contribution in [0, 0.1) is 6.92 Å². The molecule has 0 bridgehead atoms. The Labute approximate surface area is 117 Å². The highest BCUT2D eigenvalue weighted by Gasteiger charge is 2.16. The van der Waals surface area contributed by atoms with Crippen molar-refractivity contribution < 1.29 is 9.90 Å². The van der Waals surface area contributed by atoms with E-state index in [0.29, 0.717) is 0 Å². The van der Waals surface area contributed by atoms with Gasteiger partial charge in [-0.15, -0.1) is 11.3 Å². The van der Waals surface area contributed by atoms with E-state index in [2.05, 4.69) is 19.1 Å². The van der Waals surface area contributed by atoms with E-state index in [1.54, 1.807) is 11.3 Å². The maximum Gasteiger partial charge on any atom is 0.303 e. The van der Waals surface area contributed by atoms with Gasteiger partial charge >= 0.3 is 5.97 Å². The van der Waals surface area contributed by atoms with Crippen LogP contribution in [0.2, 0.25) is 0 Å². The molecule has 19 heavy (non-hydrogen) atoms. The zero-order valence-electron chi connectivity index (χ0n) is 11.0. The third-order valence-corrected chi connectivity index (χ3v) is 4.42. The number of aryl methyl sites for hydroxylation is 2. The Balaban J connectivity index is 2.05. The SMILES string of the molecule is Cc1ccccc1CCC(CC(=O)O)c1cccs1. The summed E-state index contributed by atoms with van der Waals surface area (Å²) in [7, 11) is 0. The zero-order valence-corrected chi connectivity index (χ0v) is 11.8. The van der Waals surface area contributed by atoms with E-state index in [1.807, 2.05) is 29.6 Å². The topological polar surface area (TPSA) is 37.3 Å². The number of benzene rings is 1. The predicted molar refractivity (Wildman–Crippen MR) is 78.8 cm³/mol. The molecule has 3 heteroatoms. The standard InChI is InChI=1S/C16H18O2S/c1-12-5-2-3-6-13(12)8-9-14(11-16(17)18)15-7-4-10-19-15/h2-7,10,14H,8-9,11H2,1H3,(H,17,18). The number of hydrogen-bond acceptors (Lipinski definition) is 2. The van der Waals surface area contributed by atoms with Gasteiger partial charge in [-0.25, -0.2) is 0 Å². The van der Waals surface area contributed by atoms with Crippen LogP contribution in [-0.2, 0) is 11.2 Å². The molecule has 0 aliphatic carbocycles. The minimum absolute atomic E-state index is 0.122. The molecular weight excluding hydrogens is 256 g/mol. The molecule has 0 aliphatic rings. The number of carboxylic acids is 1. The second-order valence-corrected chi connectivity index (χ2v) is 5.75. The van der Waals surface area contributed by atoms with Crippen molar-refractivity contribution in [2.75, 3.05) is 0 Å². The van der Waals surface area contributed by atoms with Gasteiger partial charge in [-0.05, 0) is 42.3 Å². The molecule has 1 heterocycles. The third-order valence-electron chi connectivity index (χ3n) is 3.39. The van der Waals surface area contributed by atoms with Crippen molar-refractivity contribution in [2.45, 2.75) is 32.1 Å². The molecule has 1 N–H and O–H groups in total. The normalized spacial score (nSPS) is 12.3. The lowest BCUT2D eigenvalue weighted by atomic mass is 9.93. The molecule has 100 valence electrons. The van der Waals surface area contributed by atoms with Gasteiger partial charge in [-0.2, -0.15) is 0 Å². The van der Waals surface area contributed by atoms with Gasteiger partial charge in [0.25, 0.3) is 0 Å². The molecule has 0 amide bonds. The quantitative estimate of drug-likeness (QED) is 0.855. The summed E-state index contributed by atoms with van der Waals surface area (Å²) in [4.78, 5) is 12.2. The van der Waals surface area contributed by atoms with Gasteiger partial charge in [-0.3, -0.25) is 4.79 Å². The third kappa shape index (κ3) is 3.93. The van der Waals surface area contributed by atoms with E-state index in [9.17, 15) is 4.79 Å². The molecule has 0 radical (unpaired) electrons. The molecule has 0 saturated carbocycles. The number of carbonyl (C=O) groups is 1. The summed E-state index contributed by atoms with van der Waals surface area (Å²) in [5, 5.41) is 11.1. The average molecular weight is 274 g/mol. The summed E-state index contributed by atoms with van der Waals surface area (Å²) in [6, 6.07) is 12.3. The van der Waals surface area contributed by atoms with Crippen LogP contribution in [0.4, 0.5) is 0 Å². The highest BCUT2D eigenvalue weighted by molar-refractivity contribution is 7.10. The Morgan fingerprint density at radius 3 is 2.68 bits per heavy atom. The van der Waals surface area contributed by atoms with Gasteiger partial charge in [0.15, 0.2) is 0 Å². The van der Waals surface area contributed by atoms with Gasteiger partial charge in [0.1, 0.15) is 0 Å². The van der Waals surface area contributed by atoms with Crippen LogP contribution in [0.5, 0.6) is 0 Å². The molecule has 2 rings (SSSR count). The second-order valence-electron chi connectivity index (χ2n) is 4.78. The fraction of sp³-hybridized carbons (Fsp3) is 0.312. The number of rotatable bonds is 6. The Morgan fingerprint density at radius 1 is 1.26 bits per heavy atom. The summed E-state index contributed by atoms with van der Waals surface area (Å²) in [6.45, 7) is 2.10. The smallest absolute Gasteiger partial charge is 0.303 e. The lowest BCUT2D eigenvalue weighted by molar-refractivity contribution is -0.137. The van der Waals surface area contributed by atoms with E-state index in [1.165, 1.54) is 16.0 Å². The maximum atomic E-state index is 11.0.